The number of carbonyl (C=O) groups is 1. The second-order valence-electron chi connectivity index (χ2n) is 7.75. The smallest absolute Gasteiger partial charge is 0.221 e. The first-order valence-corrected chi connectivity index (χ1v) is 11.6. The summed E-state index contributed by atoms with van der Waals surface area (Å²) in [4.78, 5) is 14.6. The third-order valence-electron chi connectivity index (χ3n) is 5.03. The molecule has 0 saturated carbocycles. The largest absolute Gasteiger partial charge is 0.494 e. The van der Waals surface area contributed by atoms with Crippen LogP contribution in [0, 0.1) is 0 Å². The molecule has 1 fully saturated rings. The van der Waals surface area contributed by atoms with Gasteiger partial charge in [-0.25, -0.2) is 4.68 Å². The van der Waals surface area contributed by atoms with Crippen molar-refractivity contribution in [3.8, 4) is 5.75 Å². The number of hydrogen-bond acceptors (Lipinski definition) is 7. The maximum atomic E-state index is 12.1. The number of benzene rings is 1. The van der Waals surface area contributed by atoms with E-state index in [0.29, 0.717) is 24.7 Å². The molecule has 0 radical (unpaired) electrons. The summed E-state index contributed by atoms with van der Waals surface area (Å²) in [6.07, 6.45) is 5.16. The lowest BCUT2D eigenvalue weighted by Gasteiger charge is -2.26. The summed E-state index contributed by atoms with van der Waals surface area (Å²) >= 11 is 1.50. The van der Waals surface area contributed by atoms with E-state index in [1.165, 1.54) is 49.7 Å². The predicted octanol–water partition coefficient (Wildman–Crippen LogP) is 2.65. The molecule has 164 valence electrons. The SMILES string of the molecule is CC(CC(=O)NCCCOc1cccc(CN2CCCCC2)c1)Sc1nnnn1C. The number of rotatable bonds is 11. The molecule has 1 N–H and O–H groups in total. The Morgan fingerprint density at radius 1 is 1.30 bits per heavy atom. The number of piperidine rings is 1. The Bertz CT molecular complexity index is 793. The summed E-state index contributed by atoms with van der Waals surface area (Å²) in [5.41, 5.74) is 1.30. The first-order chi connectivity index (χ1) is 14.6. The van der Waals surface area contributed by atoms with Crippen LogP contribution in [0.1, 0.15) is 44.6 Å². The molecular formula is C21H32N6O2S. The molecule has 1 atom stereocenters. The van der Waals surface area contributed by atoms with Gasteiger partial charge in [-0.2, -0.15) is 0 Å². The Kier molecular flexibility index (Phi) is 8.95. The van der Waals surface area contributed by atoms with Gasteiger partial charge in [0.15, 0.2) is 0 Å². The van der Waals surface area contributed by atoms with E-state index in [4.69, 9.17) is 4.74 Å². The van der Waals surface area contributed by atoms with Gasteiger partial charge in [0, 0.05) is 31.8 Å². The highest BCUT2D eigenvalue weighted by Gasteiger charge is 2.14. The first kappa shape index (κ1) is 22.6. The van der Waals surface area contributed by atoms with Gasteiger partial charge < -0.3 is 10.1 Å². The second-order valence-corrected chi connectivity index (χ2v) is 9.16. The van der Waals surface area contributed by atoms with Crippen molar-refractivity contribution in [1.82, 2.24) is 30.4 Å². The number of likely N-dealkylation sites (tertiary alicyclic amines) is 1. The third kappa shape index (κ3) is 7.60. The minimum Gasteiger partial charge on any atom is -0.494 e. The van der Waals surface area contributed by atoms with Crippen molar-refractivity contribution in [2.24, 2.45) is 7.05 Å². The van der Waals surface area contributed by atoms with Crippen molar-refractivity contribution in [3.05, 3.63) is 29.8 Å². The molecule has 0 aliphatic carbocycles. The minimum absolute atomic E-state index is 0.0358. The fourth-order valence-electron chi connectivity index (χ4n) is 3.48. The Balaban J connectivity index is 1.29. The summed E-state index contributed by atoms with van der Waals surface area (Å²) in [5, 5.41) is 15.1. The zero-order chi connectivity index (χ0) is 21.2. The number of ether oxygens (including phenoxy) is 1. The van der Waals surface area contributed by atoms with E-state index < -0.39 is 0 Å². The van der Waals surface area contributed by atoms with E-state index >= 15 is 0 Å². The highest BCUT2D eigenvalue weighted by atomic mass is 32.2. The fourth-order valence-corrected chi connectivity index (χ4v) is 4.34. The molecule has 1 aliphatic rings. The van der Waals surface area contributed by atoms with Crippen LogP contribution in [-0.2, 0) is 18.4 Å². The van der Waals surface area contributed by atoms with Crippen molar-refractivity contribution in [2.75, 3.05) is 26.2 Å². The van der Waals surface area contributed by atoms with Crippen LogP contribution in [0.4, 0.5) is 0 Å². The standard InChI is InChI=1S/C21H32N6O2S/c1-17(30-21-23-24-25-26(21)2)14-20(28)22-10-7-13-29-19-9-6-8-18(15-19)16-27-11-4-3-5-12-27/h6,8-9,15,17H,3-5,7,10-14,16H2,1-2H3,(H,22,28). The number of tetrazole rings is 1. The number of nitrogens with zero attached hydrogens (tertiary/aromatic N) is 5. The van der Waals surface area contributed by atoms with Crippen LogP contribution in [0.3, 0.4) is 0 Å². The van der Waals surface area contributed by atoms with Crippen LogP contribution < -0.4 is 10.1 Å². The molecule has 1 aromatic carbocycles. The average Bonchev–Trinajstić information content (AvgIpc) is 3.13. The molecule has 1 aromatic heterocycles. The van der Waals surface area contributed by atoms with Crippen molar-refractivity contribution >= 4 is 17.7 Å². The molecule has 2 aromatic rings. The summed E-state index contributed by atoms with van der Waals surface area (Å²) in [6.45, 7) is 6.57. The number of amides is 1. The first-order valence-electron chi connectivity index (χ1n) is 10.7. The fraction of sp³-hybridized carbons (Fsp3) is 0.619. The Labute approximate surface area is 182 Å². The number of carbonyl (C=O) groups excluding carboxylic acids is 1. The molecule has 1 aliphatic heterocycles. The molecule has 3 rings (SSSR count). The third-order valence-corrected chi connectivity index (χ3v) is 6.15. The number of aryl methyl sites for hydroxylation is 1. The Hall–Kier alpha value is -2.13. The topological polar surface area (TPSA) is 85.2 Å². The van der Waals surface area contributed by atoms with Crippen LogP contribution in [-0.4, -0.2) is 62.5 Å². The molecule has 30 heavy (non-hydrogen) atoms. The van der Waals surface area contributed by atoms with Crippen LogP contribution in [0.15, 0.2) is 29.4 Å². The van der Waals surface area contributed by atoms with Gasteiger partial charge in [0.1, 0.15) is 5.75 Å². The van der Waals surface area contributed by atoms with E-state index in [-0.39, 0.29) is 11.2 Å². The average molecular weight is 433 g/mol. The zero-order valence-corrected chi connectivity index (χ0v) is 18.7. The number of thioether (sulfide) groups is 1. The van der Waals surface area contributed by atoms with Gasteiger partial charge in [-0.3, -0.25) is 9.69 Å². The molecule has 8 nitrogen and oxygen atoms in total. The van der Waals surface area contributed by atoms with Crippen LogP contribution in [0.2, 0.25) is 0 Å². The summed E-state index contributed by atoms with van der Waals surface area (Å²) in [5.74, 6) is 0.937. The highest BCUT2D eigenvalue weighted by molar-refractivity contribution is 7.99. The summed E-state index contributed by atoms with van der Waals surface area (Å²) in [6, 6.07) is 8.35. The van der Waals surface area contributed by atoms with Gasteiger partial charge >= 0.3 is 0 Å². The summed E-state index contributed by atoms with van der Waals surface area (Å²) in [7, 11) is 1.79. The summed E-state index contributed by atoms with van der Waals surface area (Å²) < 4.78 is 7.49. The number of aromatic nitrogens is 4. The lowest BCUT2D eigenvalue weighted by atomic mass is 10.1. The van der Waals surface area contributed by atoms with Crippen molar-refractivity contribution in [3.63, 3.8) is 0 Å². The molecule has 0 bridgehead atoms. The maximum Gasteiger partial charge on any atom is 0.221 e. The normalized spacial score (nSPS) is 15.7. The number of hydrogen-bond donors (Lipinski definition) is 1. The van der Waals surface area contributed by atoms with E-state index in [1.807, 2.05) is 13.0 Å². The van der Waals surface area contributed by atoms with E-state index in [0.717, 1.165) is 18.7 Å². The minimum atomic E-state index is 0.0358. The Morgan fingerprint density at radius 3 is 2.90 bits per heavy atom. The lowest BCUT2D eigenvalue weighted by molar-refractivity contribution is -0.121. The van der Waals surface area contributed by atoms with Crippen molar-refractivity contribution < 1.29 is 9.53 Å². The van der Waals surface area contributed by atoms with E-state index in [1.54, 1.807) is 11.7 Å². The van der Waals surface area contributed by atoms with Gasteiger partial charge in [0.05, 0.1) is 6.61 Å². The quantitative estimate of drug-likeness (QED) is 0.432. The molecule has 1 saturated heterocycles. The van der Waals surface area contributed by atoms with Crippen LogP contribution in [0.5, 0.6) is 5.75 Å². The van der Waals surface area contributed by atoms with Gasteiger partial charge in [-0.1, -0.05) is 37.2 Å². The molecule has 9 heteroatoms. The van der Waals surface area contributed by atoms with Crippen molar-refractivity contribution in [2.45, 2.75) is 56.0 Å². The number of nitrogens with one attached hydrogen (secondary N) is 1. The molecule has 1 amide bonds. The van der Waals surface area contributed by atoms with Gasteiger partial charge in [0.2, 0.25) is 11.1 Å². The highest BCUT2D eigenvalue weighted by Crippen LogP contribution is 2.21. The molecule has 2 heterocycles. The lowest BCUT2D eigenvalue weighted by Crippen LogP contribution is -2.29. The monoisotopic (exact) mass is 432 g/mol. The van der Waals surface area contributed by atoms with E-state index in [9.17, 15) is 4.79 Å². The molecule has 1 unspecified atom stereocenters. The Morgan fingerprint density at radius 2 is 2.13 bits per heavy atom. The van der Waals surface area contributed by atoms with Crippen molar-refractivity contribution in [1.29, 1.82) is 0 Å². The molecular weight excluding hydrogens is 400 g/mol. The zero-order valence-electron chi connectivity index (χ0n) is 17.9. The second kappa shape index (κ2) is 11.9. The van der Waals surface area contributed by atoms with Gasteiger partial charge in [-0.15, -0.1) is 5.10 Å². The molecule has 0 spiro atoms. The predicted molar refractivity (Wildman–Crippen MR) is 117 cm³/mol. The van der Waals surface area contributed by atoms with E-state index in [2.05, 4.69) is 43.9 Å². The van der Waals surface area contributed by atoms with Gasteiger partial charge in [0.25, 0.3) is 0 Å². The van der Waals surface area contributed by atoms with Crippen LogP contribution in [0.25, 0.3) is 0 Å². The van der Waals surface area contributed by atoms with Gasteiger partial charge in [-0.05, 0) is 60.5 Å². The van der Waals surface area contributed by atoms with Crippen LogP contribution >= 0.6 is 11.8 Å². The maximum absolute atomic E-state index is 12.1.